The van der Waals surface area contributed by atoms with Crippen molar-refractivity contribution in [3.05, 3.63) is 23.2 Å². The lowest BCUT2D eigenvalue weighted by atomic mass is 10.3. The minimum absolute atomic E-state index is 0.342. The van der Waals surface area contributed by atoms with Gasteiger partial charge in [0.25, 0.3) is 0 Å². The van der Waals surface area contributed by atoms with Crippen molar-refractivity contribution in [2.24, 2.45) is 5.14 Å². The summed E-state index contributed by atoms with van der Waals surface area (Å²) < 4.78 is 11.2. The van der Waals surface area contributed by atoms with E-state index in [0.29, 0.717) is 15.6 Å². The average molecular weight is 205 g/mol. The molecule has 12 heavy (non-hydrogen) atoms. The van der Waals surface area contributed by atoms with E-state index >= 15 is 0 Å². The summed E-state index contributed by atoms with van der Waals surface area (Å²) in [5.41, 5.74) is 5.88. The highest BCUT2D eigenvalue weighted by Gasteiger charge is 2.03. The summed E-state index contributed by atoms with van der Waals surface area (Å²) >= 11 is 5.69. The maximum atomic E-state index is 11.2. The largest absolute Gasteiger partial charge is 0.398 e. The summed E-state index contributed by atoms with van der Waals surface area (Å²) in [7, 11) is -2.68. The normalized spacial score (nSPS) is 15.5. The highest BCUT2D eigenvalue weighted by Crippen LogP contribution is 2.21. The second-order valence-electron chi connectivity index (χ2n) is 2.41. The van der Waals surface area contributed by atoms with E-state index in [1.54, 1.807) is 12.1 Å². The van der Waals surface area contributed by atoms with Crippen molar-refractivity contribution >= 4 is 32.9 Å². The van der Waals surface area contributed by atoms with Crippen molar-refractivity contribution in [2.45, 2.75) is 4.90 Å². The summed E-state index contributed by atoms with van der Waals surface area (Å²) in [5.74, 6) is 3.32. The van der Waals surface area contributed by atoms with Crippen LogP contribution in [0.1, 0.15) is 0 Å². The number of benzene rings is 1. The van der Waals surface area contributed by atoms with E-state index in [-0.39, 0.29) is 0 Å². The van der Waals surface area contributed by atoms with Crippen molar-refractivity contribution in [1.82, 2.24) is 0 Å². The van der Waals surface area contributed by atoms with Gasteiger partial charge in [0.1, 0.15) is 0 Å². The van der Waals surface area contributed by atoms with E-state index in [1.165, 1.54) is 6.07 Å². The number of nitrogen functional groups attached to an aromatic ring is 1. The lowest BCUT2D eigenvalue weighted by molar-refractivity contribution is 0.682. The zero-order valence-corrected chi connectivity index (χ0v) is 7.86. The molecule has 0 saturated heterocycles. The van der Waals surface area contributed by atoms with E-state index in [2.05, 4.69) is 5.87 Å². The monoisotopic (exact) mass is 204 g/mol. The molecule has 0 amide bonds. The molecule has 1 aromatic rings. The van der Waals surface area contributed by atoms with Crippen LogP contribution in [-0.4, -0.2) is 10.1 Å². The van der Waals surface area contributed by atoms with Gasteiger partial charge in [-0.1, -0.05) is 11.6 Å². The minimum atomic E-state index is -2.68. The Kier molecular flexibility index (Phi) is 2.32. The molecule has 0 bridgehead atoms. The highest BCUT2D eigenvalue weighted by molar-refractivity contribution is 7.98. The van der Waals surface area contributed by atoms with Crippen LogP contribution in [0.15, 0.2) is 23.1 Å². The van der Waals surface area contributed by atoms with Crippen LogP contribution in [0.3, 0.4) is 0 Å². The molecule has 0 aliphatic carbocycles. The summed E-state index contributed by atoms with van der Waals surface area (Å²) in [6.07, 6.45) is 0. The van der Waals surface area contributed by atoms with Gasteiger partial charge in [-0.3, -0.25) is 5.14 Å². The third kappa shape index (κ3) is 1.91. The molecule has 5 heteroatoms. The quantitative estimate of drug-likeness (QED) is 0.527. The Bertz CT molecular complexity index is 400. The standard InChI is InChI=1S/C7H9ClN2OS/c1-12(10,11)5-2-3-7(9)6(8)4-5/h2-4H,1,9H2,(H2,10,11). The first kappa shape index (κ1) is 9.38. The molecule has 0 aliphatic heterocycles. The average Bonchev–Trinajstić information content (AvgIpc) is 1.92. The van der Waals surface area contributed by atoms with Crippen LogP contribution in [0.4, 0.5) is 5.69 Å². The molecule has 0 spiro atoms. The molecule has 4 N–H and O–H groups in total. The zero-order chi connectivity index (χ0) is 9.35. The SMILES string of the molecule is C=S(N)(=O)c1ccc(N)c(Cl)c1. The van der Waals surface area contributed by atoms with Gasteiger partial charge >= 0.3 is 0 Å². The van der Waals surface area contributed by atoms with Crippen molar-refractivity contribution in [3.8, 4) is 0 Å². The third-order valence-electron chi connectivity index (χ3n) is 1.37. The van der Waals surface area contributed by atoms with Gasteiger partial charge in [-0.2, -0.15) is 0 Å². The minimum Gasteiger partial charge on any atom is -0.398 e. The predicted molar refractivity (Wildman–Crippen MR) is 53.6 cm³/mol. The lowest BCUT2D eigenvalue weighted by Crippen LogP contribution is -2.11. The van der Waals surface area contributed by atoms with Crippen LogP contribution in [0.25, 0.3) is 0 Å². The molecule has 1 atom stereocenters. The third-order valence-corrected chi connectivity index (χ3v) is 2.75. The van der Waals surface area contributed by atoms with Crippen LogP contribution in [0, 0.1) is 0 Å². The Labute approximate surface area is 76.5 Å². The van der Waals surface area contributed by atoms with E-state index in [1.807, 2.05) is 0 Å². The van der Waals surface area contributed by atoms with Gasteiger partial charge in [0.2, 0.25) is 0 Å². The first-order chi connectivity index (χ1) is 5.41. The van der Waals surface area contributed by atoms with Crippen LogP contribution in [0.2, 0.25) is 5.02 Å². The Morgan fingerprint density at radius 3 is 2.50 bits per heavy atom. The summed E-state index contributed by atoms with van der Waals surface area (Å²) in [6.45, 7) is 0. The Balaban J connectivity index is 3.33. The van der Waals surface area contributed by atoms with Crippen molar-refractivity contribution in [3.63, 3.8) is 0 Å². The lowest BCUT2D eigenvalue weighted by Gasteiger charge is -2.04. The van der Waals surface area contributed by atoms with Gasteiger partial charge in [0.05, 0.1) is 20.4 Å². The summed E-state index contributed by atoms with van der Waals surface area (Å²) in [4.78, 5) is 0.404. The van der Waals surface area contributed by atoms with Gasteiger partial charge in [0, 0.05) is 4.90 Å². The highest BCUT2D eigenvalue weighted by atomic mass is 35.5. The van der Waals surface area contributed by atoms with Crippen molar-refractivity contribution in [1.29, 1.82) is 0 Å². The number of anilines is 1. The number of halogens is 1. The molecule has 0 saturated carbocycles. The molecule has 0 fully saturated rings. The Morgan fingerprint density at radius 1 is 1.50 bits per heavy atom. The van der Waals surface area contributed by atoms with E-state index in [9.17, 15) is 4.21 Å². The zero-order valence-electron chi connectivity index (χ0n) is 6.29. The molecule has 1 unspecified atom stereocenters. The first-order valence-corrected chi connectivity index (χ1v) is 5.28. The molecule has 0 aromatic heterocycles. The van der Waals surface area contributed by atoms with E-state index in [4.69, 9.17) is 22.5 Å². The second kappa shape index (κ2) is 2.97. The topological polar surface area (TPSA) is 69.1 Å². The molecule has 1 aromatic carbocycles. The van der Waals surface area contributed by atoms with Gasteiger partial charge in [-0.15, -0.1) is 0 Å². The smallest absolute Gasteiger partial charge is 0.0647 e. The van der Waals surface area contributed by atoms with Crippen LogP contribution in [0.5, 0.6) is 0 Å². The van der Waals surface area contributed by atoms with Crippen LogP contribution in [-0.2, 0) is 9.71 Å². The van der Waals surface area contributed by atoms with Crippen LogP contribution < -0.4 is 10.9 Å². The summed E-state index contributed by atoms with van der Waals surface area (Å²) in [6, 6.07) is 4.57. The molecule has 1 rings (SSSR count). The summed E-state index contributed by atoms with van der Waals surface area (Å²) in [5, 5.41) is 5.63. The molecule has 0 heterocycles. The fourth-order valence-electron chi connectivity index (χ4n) is 0.723. The predicted octanol–water partition coefficient (Wildman–Crippen LogP) is 0.871. The number of nitrogens with two attached hydrogens (primary N) is 2. The van der Waals surface area contributed by atoms with Crippen molar-refractivity contribution in [2.75, 3.05) is 5.73 Å². The number of rotatable bonds is 1. The second-order valence-corrected chi connectivity index (χ2v) is 4.74. The van der Waals surface area contributed by atoms with E-state index in [0.717, 1.165) is 0 Å². The fourth-order valence-corrected chi connectivity index (χ4v) is 1.58. The maximum Gasteiger partial charge on any atom is 0.0647 e. The molecule has 0 aliphatic rings. The Morgan fingerprint density at radius 2 is 2.08 bits per heavy atom. The molecule has 3 nitrogen and oxygen atoms in total. The maximum absolute atomic E-state index is 11.2. The Hall–Kier alpha value is -0.710. The van der Waals surface area contributed by atoms with Crippen LogP contribution >= 0.6 is 11.6 Å². The molecule has 66 valence electrons. The first-order valence-electron chi connectivity index (χ1n) is 3.11. The molecular weight excluding hydrogens is 196 g/mol. The van der Waals surface area contributed by atoms with Gasteiger partial charge in [-0.05, 0) is 24.1 Å². The fraction of sp³-hybridized carbons (Fsp3) is 0. The van der Waals surface area contributed by atoms with Crippen molar-refractivity contribution < 1.29 is 4.21 Å². The number of hydrogen-bond donors (Lipinski definition) is 2. The van der Waals surface area contributed by atoms with Gasteiger partial charge < -0.3 is 5.73 Å². The molecule has 0 radical (unpaired) electrons. The number of hydrogen-bond acceptors (Lipinski definition) is 2. The van der Waals surface area contributed by atoms with E-state index < -0.39 is 9.71 Å². The van der Waals surface area contributed by atoms with Gasteiger partial charge in [0.15, 0.2) is 0 Å². The molecular formula is C7H9ClN2OS. The van der Waals surface area contributed by atoms with Gasteiger partial charge in [-0.25, -0.2) is 4.21 Å².